The van der Waals surface area contributed by atoms with Crippen molar-refractivity contribution in [3.8, 4) is 5.69 Å². The number of tetrazole rings is 1. The minimum Gasteiger partial charge on any atom is -0.463 e. The number of thioether (sulfide) groups is 1. The Hall–Kier alpha value is -2.72. The normalized spacial score (nSPS) is 12.3. The minimum atomic E-state index is -0.380. The zero-order valence-corrected chi connectivity index (χ0v) is 17.2. The lowest BCUT2D eigenvalue weighted by atomic mass is 10.2. The highest BCUT2D eigenvalue weighted by Gasteiger charge is 2.25. The van der Waals surface area contributed by atoms with Gasteiger partial charge in [-0.1, -0.05) is 17.8 Å². The number of nitrogens with zero attached hydrogens (tertiary/aromatic N) is 4. The van der Waals surface area contributed by atoms with E-state index in [4.69, 9.17) is 4.42 Å². The number of amides is 1. The van der Waals surface area contributed by atoms with Crippen molar-refractivity contribution in [3.63, 3.8) is 0 Å². The Labute approximate surface area is 172 Å². The average Bonchev–Trinajstić information content (AvgIpc) is 3.41. The summed E-state index contributed by atoms with van der Waals surface area (Å²) in [6.45, 7) is 6.54. The zero-order valence-electron chi connectivity index (χ0n) is 16.3. The molecule has 154 valence electrons. The maximum Gasteiger partial charge on any atom is 0.230 e. The van der Waals surface area contributed by atoms with Gasteiger partial charge in [0.2, 0.25) is 11.1 Å². The molecule has 3 aromatic rings. The molecule has 29 heavy (non-hydrogen) atoms. The number of hydrogen-bond acceptors (Lipinski definition) is 6. The third-order valence-corrected chi connectivity index (χ3v) is 5.54. The fourth-order valence-electron chi connectivity index (χ4n) is 3.11. The molecule has 10 heteroatoms. The van der Waals surface area contributed by atoms with E-state index in [0.29, 0.717) is 17.4 Å². The number of carbonyl (C=O) groups is 1. The molecule has 0 aliphatic rings. The maximum atomic E-state index is 13.5. The van der Waals surface area contributed by atoms with Gasteiger partial charge < -0.3 is 14.6 Å². The van der Waals surface area contributed by atoms with E-state index in [-0.39, 0.29) is 23.5 Å². The van der Waals surface area contributed by atoms with E-state index in [9.17, 15) is 9.18 Å². The van der Waals surface area contributed by atoms with E-state index in [2.05, 4.69) is 34.7 Å². The summed E-state index contributed by atoms with van der Waals surface area (Å²) < 4.78 is 20.4. The van der Waals surface area contributed by atoms with Crippen molar-refractivity contribution in [3.05, 3.63) is 54.2 Å². The van der Waals surface area contributed by atoms with Crippen LogP contribution in [0.4, 0.5) is 4.39 Å². The van der Waals surface area contributed by atoms with Gasteiger partial charge in [-0.2, -0.15) is 4.68 Å². The Kier molecular flexibility index (Phi) is 7.36. The van der Waals surface area contributed by atoms with Gasteiger partial charge in [0.1, 0.15) is 5.82 Å². The van der Waals surface area contributed by atoms with Crippen molar-refractivity contribution >= 4 is 17.7 Å². The van der Waals surface area contributed by atoms with Crippen LogP contribution < -0.4 is 10.2 Å². The fourth-order valence-corrected chi connectivity index (χ4v) is 3.84. The Balaban J connectivity index is 1.58. The summed E-state index contributed by atoms with van der Waals surface area (Å²) in [6, 6.07) is 9.80. The van der Waals surface area contributed by atoms with Crippen LogP contribution >= 0.6 is 11.8 Å². The molecule has 1 aromatic carbocycles. The third-order valence-electron chi connectivity index (χ3n) is 4.62. The van der Waals surface area contributed by atoms with Crippen molar-refractivity contribution in [1.82, 2.24) is 25.5 Å². The van der Waals surface area contributed by atoms with Crippen LogP contribution in [0.5, 0.6) is 0 Å². The van der Waals surface area contributed by atoms with Gasteiger partial charge in [0.25, 0.3) is 0 Å². The topological polar surface area (TPSA) is 90.3 Å². The Morgan fingerprint density at radius 2 is 2.14 bits per heavy atom. The molecule has 0 saturated carbocycles. The first kappa shape index (κ1) is 21.0. The molecule has 0 aliphatic carbocycles. The lowest BCUT2D eigenvalue weighted by Crippen LogP contribution is -3.12. The van der Waals surface area contributed by atoms with Crippen LogP contribution in [0.2, 0.25) is 0 Å². The third kappa shape index (κ3) is 5.42. The Bertz CT molecular complexity index is 913. The first-order valence-corrected chi connectivity index (χ1v) is 10.4. The van der Waals surface area contributed by atoms with E-state index < -0.39 is 0 Å². The van der Waals surface area contributed by atoms with Crippen molar-refractivity contribution in [2.24, 2.45) is 0 Å². The highest BCUT2D eigenvalue weighted by atomic mass is 32.2. The van der Waals surface area contributed by atoms with E-state index >= 15 is 0 Å². The van der Waals surface area contributed by atoms with Crippen molar-refractivity contribution in [1.29, 1.82) is 0 Å². The molecule has 0 spiro atoms. The van der Waals surface area contributed by atoms with Gasteiger partial charge in [-0.15, -0.1) is 5.10 Å². The van der Waals surface area contributed by atoms with Crippen LogP contribution in [0, 0.1) is 5.82 Å². The molecule has 3 rings (SSSR count). The summed E-state index contributed by atoms with van der Waals surface area (Å²) in [4.78, 5) is 13.7. The van der Waals surface area contributed by atoms with Crippen LogP contribution in [0.3, 0.4) is 0 Å². The molecular weight excluding hydrogens is 395 g/mol. The summed E-state index contributed by atoms with van der Waals surface area (Å²) in [6.07, 6.45) is 1.65. The van der Waals surface area contributed by atoms with E-state index in [1.807, 2.05) is 12.1 Å². The van der Waals surface area contributed by atoms with Crippen molar-refractivity contribution in [2.75, 3.05) is 25.4 Å². The van der Waals surface area contributed by atoms with Gasteiger partial charge in [0.15, 0.2) is 11.8 Å². The van der Waals surface area contributed by atoms with E-state index in [1.165, 1.54) is 33.5 Å². The number of halogens is 1. The second kappa shape index (κ2) is 10.2. The van der Waals surface area contributed by atoms with Crippen LogP contribution in [0.25, 0.3) is 5.69 Å². The molecule has 0 saturated heterocycles. The molecule has 0 fully saturated rings. The van der Waals surface area contributed by atoms with Crippen LogP contribution in [-0.2, 0) is 4.79 Å². The van der Waals surface area contributed by atoms with Gasteiger partial charge in [-0.25, -0.2) is 4.39 Å². The number of carbonyl (C=O) groups excluding carboxylic acids is 1. The largest absolute Gasteiger partial charge is 0.463 e. The molecule has 0 bridgehead atoms. The summed E-state index contributed by atoms with van der Waals surface area (Å²) in [5.74, 6) is 0.488. The highest BCUT2D eigenvalue weighted by molar-refractivity contribution is 7.99. The van der Waals surface area contributed by atoms with Gasteiger partial charge in [-0.3, -0.25) is 4.79 Å². The Morgan fingerprint density at radius 3 is 2.83 bits per heavy atom. The number of furan rings is 1. The second-order valence-electron chi connectivity index (χ2n) is 6.38. The molecule has 0 aliphatic heterocycles. The van der Waals surface area contributed by atoms with Gasteiger partial charge >= 0.3 is 0 Å². The first-order valence-electron chi connectivity index (χ1n) is 9.44. The average molecular weight is 420 g/mol. The SMILES string of the molecule is CC[NH+](CC)[C@@H](CNC(=O)CSc1nnnn1-c1cccc(F)c1)c1ccco1. The van der Waals surface area contributed by atoms with Crippen molar-refractivity contribution in [2.45, 2.75) is 25.0 Å². The predicted octanol–water partition coefficient (Wildman–Crippen LogP) is 1.27. The van der Waals surface area contributed by atoms with Crippen molar-refractivity contribution < 1.29 is 18.5 Å². The monoisotopic (exact) mass is 419 g/mol. The van der Waals surface area contributed by atoms with Gasteiger partial charge in [-0.05, 0) is 54.6 Å². The number of rotatable bonds is 10. The molecule has 1 amide bonds. The molecule has 2 aromatic heterocycles. The molecule has 2 heterocycles. The van der Waals surface area contributed by atoms with Crippen LogP contribution in [0.1, 0.15) is 25.6 Å². The molecular formula is C19H24FN6O2S+. The predicted molar refractivity (Wildman–Crippen MR) is 106 cm³/mol. The quantitative estimate of drug-likeness (QED) is 0.481. The second-order valence-corrected chi connectivity index (χ2v) is 7.32. The lowest BCUT2D eigenvalue weighted by Gasteiger charge is -2.25. The molecule has 2 N–H and O–H groups in total. The van der Waals surface area contributed by atoms with E-state index in [1.54, 1.807) is 18.4 Å². The highest BCUT2D eigenvalue weighted by Crippen LogP contribution is 2.18. The first-order chi connectivity index (χ1) is 14.1. The van der Waals surface area contributed by atoms with Crippen LogP contribution in [0.15, 0.2) is 52.2 Å². The zero-order chi connectivity index (χ0) is 20.6. The summed E-state index contributed by atoms with van der Waals surface area (Å²) in [5, 5.41) is 14.8. The lowest BCUT2D eigenvalue weighted by molar-refractivity contribution is -0.928. The van der Waals surface area contributed by atoms with Gasteiger partial charge in [0.05, 0.1) is 37.3 Å². The maximum absolute atomic E-state index is 13.5. The number of quaternary nitrogens is 1. The fraction of sp³-hybridized carbons (Fsp3) is 0.368. The molecule has 0 radical (unpaired) electrons. The summed E-state index contributed by atoms with van der Waals surface area (Å²) >= 11 is 1.19. The van der Waals surface area contributed by atoms with Gasteiger partial charge in [0, 0.05) is 0 Å². The number of nitrogens with one attached hydrogen (secondary N) is 2. The molecule has 1 atom stereocenters. The molecule has 0 unspecified atom stereocenters. The minimum absolute atomic E-state index is 0.0477. The Morgan fingerprint density at radius 1 is 1.31 bits per heavy atom. The van der Waals surface area contributed by atoms with Crippen LogP contribution in [-0.4, -0.2) is 51.5 Å². The number of aromatic nitrogens is 4. The van der Waals surface area contributed by atoms with E-state index in [0.717, 1.165) is 18.8 Å². The summed E-state index contributed by atoms with van der Waals surface area (Å²) in [7, 11) is 0. The number of likely N-dealkylation sites (N-methyl/N-ethyl adjacent to an activating group) is 1. The summed E-state index contributed by atoms with van der Waals surface area (Å²) in [5.41, 5.74) is 0.501. The standard InChI is InChI=1S/C19H23FN6O2S/c1-3-25(4-2)16(17-9-6-10-28-17)12-21-18(27)13-29-19-22-23-24-26(19)15-8-5-7-14(20)11-15/h5-11,16H,3-4,12-13H2,1-2H3,(H,21,27)/p+1/t16-/m0/s1. The molecule has 8 nitrogen and oxygen atoms in total. The number of benzene rings is 1. The number of hydrogen-bond donors (Lipinski definition) is 2. The smallest absolute Gasteiger partial charge is 0.230 e.